The third-order valence-electron chi connectivity index (χ3n) is 5.83. The van der Waals surface area contributed by atoms with E-state index >= 15 is 0 Å². The van der Waals surface area contributed by atoms with Gasteiger partial charge in [0.05, 0.1) is 6.54 Å². The minimum atomic E-state index is -1.23. The highest BCUT2D eigenvalue weighted by Gasteiger charge is 2.29. The van der Waals surface area contributed by atoms with Crippen LogP contribution >= 0.6 is 0 Å². The predicted molar refractivity (Wildman–Crippen MR) is 127 cm³/mol. The van der Waals surface area contributed by atoms with E-state index < -0.39 is 24.0 Å². The molecule has 180 valence electrons. The van der Waals surface area contributed by atoms with Crippen molar-refractivity contribution in [1.29, 1.82) is 0 Å². The monoisotopic (exact) mass is 475 g/mol. The first-order valence-electron chi connectivity index (χ1n) is 11.2. The number of carboxylic acid groups (broad SMARTS) is 1. The number of nitrogens with one attached hydrogen (secondary N) is 2. The summed E-state index contributed by atoms with van der Waals surface area (Å²) in [6, 6.07) is 16.4. The molecule has 2 aromatic carbocycles. The number of ether oxygens (including phenoxy) is 1. The summed E-state index contributed by atoms with van der Waals surface area (Å²) in [6.07, 6.45) is 1.75. The molecule has 0 bridgehead atoms. The third-order valence-corrected chi connectivity index (χ3v) is 5.83. The van der Waals surface area contributed by atoms with E-state index in [0.717, 1.165) is 22.3 Å². The Bertz CT molecular complexity index is 1210. The summed E-state index contributed by atoms with van der Waals surface area (Å²) in [4.78, 5) is 36.2. The molecule has 0 spiro atoms. The number of alkyl carbamates (subject to hydrolysis) is 1. The number of carboxylic acids is 1. The fraction of sp³-hybridized carbons (Fsp3) is 0.231. The Morgan fingerprint density at radius 1 is 1.11 bits per heavy atom. The predicted octanol–water partition coefficient (Wildman–Crippen LogP) is 3.86. The number of nitrogens with zero attached hydrogens (tertiary/aromatic N) is 1. The highest BCUT2D eigenvalue weighted by molar-refractivity contribution is 5.86. The molecule has 0 aliphatic heterocycles. The summed E-state index contributed by atoms with van der Waals surface area (Å²) in [5, 5.41) is 17.6. The molecule has 0 saturated heterocycles. The minimum Gasteiger partial charge on any atom is -0.476 e. The summed E-state index contributed by atoms with van der Waals surface area (Å²) in [5.74, 6) is -1.61. The standard InChI is InChI=1S/C26H25N3O6/c1-2-3-12-22(24(30)27-14-16-13-23(25(31)32)29-35-16)28-26(33)34-15-21-19-10-6-4-8-17(19)18-9-5-7-11-20(18)21/h2,4-11,13,21-22H,1,3,12,14-15H2,(H,27,30)(H,28,33)(H,31,32). The average Bonchev–Trinajstić information content (AvgIpc) is 3.47. The van der Waals surface area contributed by atoms with Crippen LogP contribution in [-0.2, 0) is 16.1 Å². The number of hydrogen-bond acceptors (Lipinski definition) is 6. The van der Waals surface area contributed by atoms with Crippen LogP contribution in [0.5, 0.6) is 0 Å². The van der Waals surface area contributed by atoms with Gasteiger partial charge in [-0.05, 0) is 35.1 Å². The maximum atomic E-state index is 12.7. The van der Waals surface area contributed by atoms with Crippen LogP contribution in [0.2, 0.25) is 0 Å². The molecule has 0 radical (unpaired) electrons. The van der Waals surface area contributed by atoms with Crippen molar-refractivity contribution in [2.24, 2.45) is 0 Å². The smallest absolute Gasteiger partial charge is 0.407 e. The first-order valence-corrected chi connectivity index (χ1v) is 11.2. The number of carbonyl (C=O) groups excluding carboxylic acids is 2. The van der Waals surface area contributed by atoms with E-state index in [-0.39, 0.29) is 30.5 Å². The molecule has 9 heteroatoms. The van der Waals surface area contributed by atoms with E-state index in [1.165, 1.54) is 6.07 Å². The molecule has 0 fully saturated rings. The van der Waals surface area contributed by atoms with E-state index in [1.54, 1.807) is 6.08 Å². The number of hydrogen-bond donors (Lipinski definition) is 3. The summed E-state index contributed by atoms with van der Waals surface area (Å²) in [5.41, 5.74) is 4.18. The number of carbonyl (C=O) groups is 3. The van der Waals surface area contributed by atoms with E-state index in [1.807, 2.05) is 36.4 Å². The van der Waals surface area contributed by atoms with Crippen molar-refractivity contribution in [2.75, 3.05) is 6.61 Å². The maximum Gasteiger partial charge on any atom is 0.407 e. The molecule has 1 aliphatic rings. The first kappa shape index (κ1) is 23.7. The van der Waals surface area contributed by atoms with Crippen molar-refractivity contribution in [2.45, 2.75) is 31.3 Å². The molecule has 4 rings (SSSR count). The van der Waals surface area contributed by atoms with Crippen LogP contribution in [0.3, 0.4) is 0 Å². The Balaban J connectivity index is 1.36. The van der Waals surface area contributed by atoms with Crippen LogP contribution in [0.15, 0.2) is 71.8 Å². The van der Waals surface area contributed by atoms with Gasteiger partial charge < -0.3 is 25.0 Å². The molecule has 0 saturated carbocycles. The van der Waals surface area contributed by atoms with E-state index in [2.05, 4.69) is 34.5 Å². The molecule has 2 amide bonds. The third kappa shape index (κ3) is 5.40. The maximum absolute atomic E-state index is 12.7. The summed E-state index contributed by atoms with van der Waals surface area (Å²) in [6.45, 7) is 3.72. The molecule has 1 unspecified atom stereocenters. The van der Waals surface area contributed by atoms with Crippen molar-refractivity contribution in [3.05, 3.63) is 89.8 Å². The highest BCUT2D eigenvalue weighted by atomic mass is 16.5. The van der Waals surface area contributed by atoms with Crippen LogP contribution in [0.1, 0.15) is 46.1 Å². The zero-order valence-corrected chi connectivity index (χ0v) is 18.9. The quantitative estimate of drug-likeness (QED) is 0.380. The van der Waals surface area contributed by atoms with Gasteiger partial charge in [0, 0.05) is 12.0 Å². The van der Waals surface area contributed by atoms with Crippen molar-refractivity contribution in [1.82, 2.24) is 15.8 Å². The Labute approximate surface area is 201 Å². The lowest BCUT2D eigenvalue weighted by atomic mass is 9.98. The van der Waals surface area contributed by atoms with Crippen molar-refractivity contribution in [3.63, 3.8) is 0 Å². The SMILES string of the molecule is C=CCCC(NC(=O)OCC1c2ccccc2-c2ccccc21)C(=O)NCc1cc(C(=O)O)no1. The Morgan fingerprint density at radius 3 is 2.37 bits per heavy atom. The number of amides is 2. The fourth-order valence-electron chi connectivity index (χ4n) is 4.13. The lowest BCUT2D eigenvalue weighted by Gasteiger charge is -2.19. The molecule has 1 aliphatic carbocycles. The van der Waals surface area contributed by atoms with Gasteiger partial charge in [-0.2, -0.15) is 0 Å². The molecule has 9 nitrogen and oxygen atoms in total. The topological polar surface area (TPSA) is 131 Å². The number of rotatable bonds is 10. The largest absolute Gasteiger partial charge is 0.476 e. The second kappa shape index (κ2) is 10.7. The lowest BCUT2D eigenvalue weighted by molar-refractivity contribution is -0.123. The number of aromatic carboxylic acids is 1. The highest BCUT2D eigenvalue weighted by Crippen LogP contribution is 2.44. The molecule has 1 atom stereocenters. The van der Waals surface area contributed by atoms with E-state index in [4.69, 9.17) is 14.4 Å². The molecule has 1 heterocycles. The Morgan fingerprint density at radius 2 is 1.77 bits per heavy atom. The number of benzene rings is 2. The van der Waals surface area contributed by atoms with Crippen molar-refractivity contribution >= 4 is 18.0 Å². The van der Waals surface area contributed by atoms with Gasteiger partial charge in [-0.25, -0.2) is 9.59 Å². The van der Waals surface area contributed by atoms with Gasteiger partial charge in [0.2, 0.25) is 5.91 Å². The van der Waals surface area contributed by atoms with Crippen molar-refractivity contribution in [3.8, 4) is 11.1 Å². The molecule has 1 aromatic heterocycles. The number of aromatic nitrogens is 1. The van der Waals surface area contributed by atoms with Crippen LogP contribution in [0.4, 0.5) is 4.79 Å². The van der Waals surface area contributed by atoms with Gasteiger partial charge in [0.25, 0.3) is 0 Å². The van der Waals surface area contributed by atoms with Gasteiger partial charge in [0.1, 0.15) is 12.6 Å². The van der Waals surface area contributed by atoms with Gasteiger partial charge >= 0.3 is 12.1 Å². The first-order chi connectivity index (χ1) is 17.0. The van der Waals surface area contributed by atoms with Gasteiger partial charge in [-0.1, -0.05) is 59.8 Å². The van der Waals surface area contributed by atoms with E-state index in [0.29, 0.717) is 12.8 Å². The molecule has 35 heavy (non-hydrogen) atoms. The molecular formula is C26H25N3O6. The second-order valence-corrected chi connectivity index (χ2v) is 8.09. The Hall–Kier alpha value is -4.40. The number of allylic oxidation sites excluding steroid dienone is 1. The number of fused-ring (bicyclic) bond motifs is 3. The van der Waals surface area contributed by atoms with Crippen molar-refractivity contribution < 1.29 is 28.8 Å². The van der Waals surface area contributed by atoms with Crippen LogP contribution in [-0.4, -0.2) is 40.9 Å². The zero-order valence-electron chi connectivity index (χ0n) is 18.9. The second-order valence-electron chi connectivity index (χ2n) is 8.09. The molecule has 3 N–H and O–H groups in total. The molecular weight excluding hydrogens is 450 g/mol. The normalized spacial score (nSPS) is 12.8. The zero-order chi connectivity index (χ0) is 24.8. The van der Waals surface area contributed by atoms with Gasteiger partial charge in [0.15, 0.2) is 11.5 Å². The van der Waals surface area contributed by atoms with E-state index in [9.17, 15) is 14.4 Å². The van der Waals surface area contributed by atoms with Gasteiger partial charge in [-0.15, -0.1) is 6.58 Å². The minimum absolute atomic E-state index is 0.0733. The summed E-state index contributed by atoms with van der Waals surface area (Å²) >= 11 is 0. The molecule has 3 aromatic rings. The van der Waals surface area contributed by atoms with Crippen LogP contribution in [0.25, 0.3) is 11.1 Å². The average molecular weight is 476 g/mol. The Kier molecular flexibility index (Phi) is 7.25. The lowest BCUT2D eigenvalue weighted by Crippen LogP contribution is -2.46. The summed E-state index contributed by atoms with van der Waals surface area (Å²) in [7, 11) is 0. The van der Waals surface area contributed by atoms with Gasteiger partial charge in [-0.3, -0.25) is 4.79 Å². The fourth-order valence-corrected chi connectivity index (χ4v) is 4.13. The van der Waals surface area contributed by atoms with Crippen LogP contribution in [0, 0.1) is 0 Å². The summed E-state index contributed by atoms with van der Waals surface area (Å²) < 4.78 is 10.4. The van der Waals surface area contributed by atoms with Crippen LogP contribution < -0.4 is 10.6 Å².